The molecule has 1 N–H and O–H groups in total. The van der Waals surface area contributed by atoms with Crippen molar-refractivity contribution in [2.75, 3.05) is 11.9 Å². The highest BCUT2D eigenvalue weighted by Crippen LogP contribution is 2.26. The van der Waals surface area contributed by atoms with Gasteiger partial charge in [0.2, 0.25) is 0 Å². The quantitative estimate of drug-likeness (QED) is 0.923. The van der Waals surface area contributed by atoms with E-state index in [1.165, 1.54) is 11.3 Å². The predicted molar refractivity (Wildman–Crippen MR) is 86.6 cm³/mol. The number of benzene rings is 1. The minimum absolute atomic E-state index is 0.0574. The van der Waals surface area contributed by atoms with E-state index in [9.17, 15) is 4.79 Å². The Morgan fingerprint density at radius 2 is 1.90 bits per heavy atom. The van der Waals surface area contributed by atoms with Gasteiger partial charge in [-0.25, -0.2) is 4.98 Å². The number of carbonyl (C=O) groups excluding carboxylic acids is 1. The highest BCUT2D eigenvalue weighted by atomic mass is 35.5. The molecule has 0 bridgehead atoms. The van der Waals surface area contributed by atoms with Gasteiger partial charge in [-0.15, -0.1) is 11.3 Å². The molecule has 0 aliphatic heterocycles. The van der Waals surface area contributed by atoms with Gasteiger partial charge in [-0.2, -0.15) is 0 Å². The maximum Gasteiger partial charge on any atom is 0.264 e. The zero-order valence-electron chi connectivity index (χ0n) is 12.4. The number of hydrogen-bond acceptors (Lipinski definition) is 4. The van der Waals surface area contributed by atoms with Gasteiger partial charge >= 0.3 is 0 Å². The Labute approximate surface area is 133 Å². The van der Waals surface area contributed by atoms with Crippen molar-refractivity contribution < 1.29 is 9.53 Å². The van der Waals surface area contributed by atoms with Crippen LogP contribution in [0.5, 0.6) is 5.75 Å². The molecule has 1 aromatic heterocycles. The third-order valence-corrected chi connectivity index (χ3v) is 4.64. The van der Waals surface area contributed by atoms with Crippen LogP contribution < -0.4 is 10.1 Å². The molecule has 1 aromatic carbocycles. The Hall–Kier alpha value is -1.59. The molecule has 0 saturated heterocycles. The minimum Gasteiger partial charge on any atom is -0.484 e. The van der Waals surface area contributed by atoms with Gasteiger partial charge in [-0.3, -0.25) is 10.1 Å². The van der Waals surface area contributed by atoms with Crippen molar-refractivity contribution in [3.05, 3.63) is 38.9 Å². The molecule has 0 saturated carbocycles. The van der Waals surface area contributed by atoms with Crippen molar-refractivity contribution in [2.45, 2.75) is 27.7 Å². The monoisotopic (exact) mass is 324 g/mol. The third kappa shape index (κ3) is 3.95. The van der Waals surface area contributed by atoms with Gasteiger partial charge in [0.15, 0.2) is 11.7 Å². The number of thiazole rings is 1. The second-order valence-electron chi connectivity index (χ2n) is 4.87. The second-order valence-corrected chi connectivity index (χ2v) is 6.45. The highest BCUT2D eigenvalue weighted by Gasteiger charge is 2.09. The number of nitrogens with one attached hydrogen (secondary N) is 1. The predicted octanol–water partition coefficient (Wildman–Crippen LogP) is 4.05. The van der Waals surface area contributed by atoms with E-state index in [1.807, 2.05) is 39.8 Å². The average molecular weight is 325 g/mol. The Kier molecular flexibility index (Phi) is 4.85. The maximum atomic E-state index is 11.8. The smallest absolute Gasteiger partial charge is 0.264 e. The Morgan fingerprint density at radius 1 is 1.29 bits per heavy atom. The van der Waals surface area contributed by atoms with Crippen LogP contribution in [0.4, 0.5) is 5.13 Å². The molecule has 0 atom stereocenters. The van der Waals surface area contributed by atoms with Crippen molar-refractivity contribution in [2.24, 2.45) is 0 Å². The molecule has 112 valence electrons. The van der Waals surface area contributed by atoms with Gasteiger partial charge in [0.25, 0.3) is 5.91 Å². The number of aromatic nitrogens is 1. The second kappa shape index (κ2) is 6.45. The summed E-state index contributed by atoms with van der Waals surface area (Å²) in [5, 5.41) is 4.05. The molecule has 1 amide bonds. The fraction of sp³-hybridized carbons (Fsp3) is 0.333. The summed E-state index contributed by atoms with van der Waals surface area (Å²) in [5.74, 6) is 0.407. The molecule has 6 heteroatoms. The lowest BCUT2D eigenvalue weighted by molar-refractivity contribution is -0.118. The lowest BCUT2D eigenvalue weighted by Gasteiger charge is -2.09. The number of nitrogens with zero attached hydrogens (tertiary/aromatic N) is 1. The first kappa shape index (κ1) is 15.8. The van der Waals surface area contributed by atoms with Crippen LogP contribution in [-0.2, 0) is 4.79 Å². The standard InChI is InChI=1S/C15H17ClN2O2S/c1-8-5-12(6-9(2)14(8)16)20-7-13(19)18-15-17-10(3)11(4)21-15/h5-6H,7H2,1-4H3,(H,17,18,19). The number of aryl methyl sites for hydroxylation is 4. The van der Waals surface area contributed by atoms with Crippen molar-refractivity contribution in [3.8, 4) is 5.75 Å². The molecule has 4 nitrogen and oxygen atoms in total. The van der Waals surface area contributed by atoms with Crippen molar-refractivity contribution in [3.63, 3.8) is 0 Å². The summed E-state index contributed by atoms with van der Waals surface area (Å²) in [4.78, 5) is 17.2. The SMILES string of the molecule is Cc1cc(OCC(=O)Nc2nc(C)c(C)s2)cc(C)c1Cl. The van der Waals surface area contributed by atoms with Gasteiger partial charge in [0.05, 0.1) is 5.69 Å². The van der Waals surface area contributed by atoms with E-state index in [0.29, 0.717) is 10.9 Å². The van der Waals surface area contributed by atoms with E-state index in [4.69, 9.17) is 16.3 Å². The lowest BCUT2D eigenvalue weighted by atomic mass is 10.1. The highest BCUT2D eigenvalue weighted by molar-refractivity contribution is 7.15. The van der Waals surface area contributed by atoms with Crippen molar-refractivity contribution in [1.29, 1.82) is 0 Å². The third-order valence-electron chi connectivity index (χ3n) is 3.05. The lowest BCUT2D eigenvalue weighted by Crippen LogP contribution is -2.20. The summed E-state index contributed by atoms with van der Waals surface area (Å²) in [5.41, 5.74) is 2.79. The molecular weight excluding hydrogens is 308 g/mol. The Bertz CT molecular complexity index is 640. The number of halogens is 1. The topological polar surface area (TPSA) is 51.2 Å². The molecule has 2 aromatic rings. The molecular formula is C15H17ClN2O2S. The molecule has 0 radical (unpaired) electrons. The van der Waals surface area contributed by atoms with E-state index in [0.717, 1.165) is 26.7 Å². The maximum absolute atomic E-state index is 11.8. The minimum atomic E-state index is -0.228. The fourth-order valence-electron chi connectivity index (χ4n) is 1.82. The van der Waals surface area contributed by atoms with Crippen LogP contribution in [0.25, 0.3) is 0 Å². The zero-order chi connectivity index (χ0) is 15.6. The molecule has 0 spiro atoms. The summed E-state index contributed by atoms with van der Waals surface area (Å²) >= 11 is 7.55. The summed E-state index contributed by atoms with van der Waals surface area (Å²) in [7, 11) is 0. The van der Waals surface area contributed by atoms with E-state index < -0.39 is 0 Å². The van der Waals surface area contributed by atoms with Gasteiger partial charge in [0, 0.05) is 9.90 Å². The van der Waals surface area contributed by atoms with Crippen LogP contribution in [-0.4, -0.2) is 17.5 Å². The summed E-state index contributed by atoms with van der Waals surface area (Å²) in [6.07, 6.45) is 0. The molecule has 21 heavy (non-hydrogen) atoms. The molecule has 2 rings (SSSR count). The summed E-state index contributed by atoms with van der Waals surface area (Å²) in [6, 6.07) is 3.64. The van der Waals surface area contributed by atoms with Gasteiger partial charge < -0.3 is 4.74 Å². The fourth-order valence-corrected chi connectivity index (χ4v) is 2.76. The Balaban J connectivity index is 1.95. The number of hydrogen-bond donors (Lipinski definition) is 1. The van der Waals surface area contributed by atoms with Crippen molar-refractivity contribution in [1.82, 2.24) is 4.98 Å². The first-order valence-corrected chi connectivity index (χ1v) is 7.69. The molecule has 0 aliphatic rings. The van der Waals surface area contributed by atoms with Crippen LogP contribution >= 0.6 is 22.9 Å². The largest absolute Gasteiger partial charge is 0.484 e. The van der Waals surface area contributed by atoms with Crippen LogP contribution in [0.15, 0.2) is 12.1 Å². The van der Waals surface area contributed by atoms with E-state index in [-0.39, 0.29) is 12.5 Å². The average Bonchev–Trinajstić information content (AvgIpc) is 2.72. The zero-order valence-corrected chi connectivity index (χ0v) is 14.0. The summed E-state index contributed by atoms with van der Waals surface area (Å²) in [6.45, 7) is 7.64. The van der Waals surface area contributed by atoms with Gasteiger partial charge in [-0.1, -0.05) is 11.6 Å². The number of carbonyl (C=O) groups is 1. The number of rotatable bonds is 4. The van der Waals surface area contributed by atoms with Gasteiger partial charge in [-0.05, 0) is 51.0 Å². The van der Waals surface area contributed by atoms with Crippen LogP contribution in [0.2, 0.25) is 5.02 Å². The first-order valence-electron chi connectivity index (χ1n) is 6.50. The molecule has 1 heterocycles. The number of anilines is 1. The first-order chi connectivity index (χ1) is 9.86. The number of ether oxygens (including phenoxy) is 1. The van der Waals surface area contributed by atoms with E-state index in [2.05, 4.69) is 10.3 Å². The van der Waals surface area contributed by atoms with Crippen molar-refractivity contribution >= 4 is 34.0 Å². The van der Waals surface area contributed by atoms with Crippen LogP contribution in [0.3, 0.4) is 0 Å². The molecule has 0 aliphatic carbocycles. The van der Waals surface area contributed by atoms with Crippen LogP contribution in [0.1, 0.15) is 21.7 Å². The normalized spacial score (nSPS) is 10.5. The van der Waals surface area contributed by atoms with Crippen LogP contribution in [0, 0.1) is 27.7 Å². The number of amides is 1. The Morgan fingerprint density at radius 3 is 2.43 bits per heavy atom. The van der Waals surface area contributed by atoms with E-state index >= 15 is 0 Å². The van der Waals surface area contributed by atoms with E-state index in [1.54, 1.807) is 0 Å². The summed E-state index contributed by atoms with van der Waals surface area (Å²) < 4.78 is 5.50. The molecule has 0 unspecified atom stereocenters. The van der Waals surface area contributed by atoms with Gasteiger partial charge in [0.1, 0.15) is 5.75 Å². The molecule has 0 fully saturated rings.